The predicted molar refractivity (Wildman–Crippen MR) is 91.9 cm³/mol. The third kappa shape index (κ3) is 4.64. The molecule has 0 fully saturated rings. The van der Waals surface area contributed by atoms with Crippen LogP contribution in [0.5, 0.6) is 0 Å². The molecule has 0 bridgehead atoms. The van der Waals surface area contributed by atoms with E-state index in [1.54, 1.807) is 0 Å². The third-order valence-electron chi connectivity index (χ3n) is 3.53. The Morgan fingerprint density at radius 3 is 2.42 bits per heavy atom. The van der Waals surface area contributed by atoms with Crippen LogP contribution in [0.4, 0.5) is 13.2 Å². The number of aromatic amines is 1. The first-order chi connectivity index (χ1) is 11.8. The normalized spacial score (nSPS) is 12.4. The Kier molecular flexibility index (Phi) is 5.52. The molecular weight excluding hydrogens is 441 g/mol. The highest BCUT2D eigenvalue weighted by molar-refractivity contribution is 9.10. The van der Waals surface area contributed by atoms with Crippen molar-refractivity contribution in [2.45, 2.75) is 18.9 Å². The van der Waals surface area contributed by atoms with Gasteiger partial charge in [0.05, 0.1) is 5.75 Å². The molecule has 1 aromatic heterocycles. The summed E-state index contributed by atoms with van der Waals surface area (Å²) in [6.07, 6.45) is -4.89. The molecule has 2 rings (SSSR count). The smallest absolute Gasteiger partial charge is 0.299 e. The number of hydrogen-bond acceptors (Lipinski definition) is 4. The van der Waals surface area contributed by atoms with Gasteiger partial charge in [-0.3, -0.25) is 19.4 Å². The molecule has 0 amide bonds. The summed E-state index contributed by atoms with van der Waals surface area (Å²) < 4.78 is 62.6. The lowest BCUT2D eigenvalue weighted by Gasteiger charge is -2.11. The fourth-order valence-corrected chi connectivity index (χ4v) is 4.25. The zero-order valence-corrected chi connectivity index (χ0v) is 16.0. The van der Waals surface area contributed by atoms with Crippen LogP contribution >= 0.6 is 15.9 Å². The van der Waals surface area contributed by atoms with E-state index < -0.39 is 38.9 Å². The minimum Gasteiger partial charge on any atom is -0.299 e. The van der Waals surface area contributed by atoms with Crippen molar-refractivity contribution < 1.29 is 26.4 Å². The number of nitrogens with one attached hydrogen (secondary N) is 1. The number of aryl methyl sites for hydroxylation is 2. The molecule has 0 saturated heterocycles. The summed E-state index contributed by atoms with van der Waals surface area (Å²) >= 11 is 3.10. The number of benzene rings is 1. The van der Waals surface area contributed by atoms with E-state index >= 15 is 0 Å². The lowest BCUT2D eigenvalue weighted by Crippen LogP contribution is -2.25. The molecule has 0 spiro atoms. The van der Waals surface area contributed by atoms with Gasteiger partial charge >= 0.3 is 6.18 Å². The largest absolute Gasteiger partial charge is 0.402 e. The van der Waals surface area contributed by atoms with E-state index in [4.69, 9.17) is 0 Å². The van der Waals surface area contributed by atoms with Crippen LogP contribution < -0.4 is 5.56 Å². The summed E-state index contributed by atoms with van der Waals surface area (Å²) in [5.41, 5.74) is -0.784. The Balaban J connectivity index is 2.52. The summed E-state index contributed by atoms with van der Waals surface area (Å²) in [5.74, 6) is -3.73. The maximum atomic E-state index is 12.7. The Bertz CT molecular complexity index is 1020. The van der Waals surface area contributed by atoms with E-state index in [0.29, 0.717) is 4.47 Å². The van der Waals surface area contributed by atoms with E-state index in [0.717, 1.165) is 4.68 Å². The van der Waals surface area contributed by atoms with Gasteiger partial charge in [-0.2, -0.15) is 13.2 Å². The number of sulfone groups is 1. The topological polar surface area (TPSA) is 89.0 Å². The van der Waals surface area contributed by atoms with Crippen LogP contribution in [-0.2, 0) is 22.6 Å². The number of rotatable bonds is 5. The highest BCUT2D eigenvalue weighted by atomic mass is 79.9. The van der Waals surface area contributed by atoms with E-state index in [2.05, 4.69) is 21.0 Å². The molecule has 1 heterocycles. The lowest BCUT2D eigenvalue weighted by molar-refractivity contribution is -0.106. The molecule has 0 saturated carbocycles. The van der Waals surface area contributed by atoms with Gasteiger partial charge in [0.2, 0.25) is 5.78 Å². The molecule has 26 heavy (non-hydrogen) atoms. The summed E-state index contributed by atoms with van der Waals surface area (Å²) in [6.45, 7) is 1.49. The standard InChI is InChI=1S/C15H14BrF3N2O4S/c1-8-12(14(23)21(2)20-8)13(22)11-4-3-10(16)5-9(11)6-26(24,25)7-15(17,18)19/h3-5,20H,6-7H2,1-2H3. The van der Waals surface area contributed by atoms with Crippen molar-refractivity contribution in [2.24, 2.45) is 7.05 Å². The Morgan fingerprint density at radius 1 is 1.31 bits per heavy atom. The first-order valence-corrected chi connectivity index (χ1v) is 9.78. The summed E-state index contributed by atoms with van der Waals surface area (Å²) in [7, 11) is -3.15. The van der Waals surface area contributed by atoms with Crippen LogP contribution in [0.15, 0.2) is 27.5 Å². The SMILES string of the molecule is Cc1[nH]n(C)c(=O)c1C(=O)c1ccc(Br)cc1CS(=O)(=O)CC(F)(F)F. The van der Waals surface area contributed by atoms with Crippen molar-refractivity contribution >= 4 is 31.6 Å². The van der Waals surface area contributed by atoms with Crippen LogP contribution in [0.3, 0.4) is 0 Å². The van der Waals surface area contributed by atoms with E-state index in [1.807, 2.05) is 0 Å². The molecule has 0 radical (unpaired) electrons. The number of carbonyl (C=O) groups excluding carboxylic acids is 1. The molecule has 142 valence electrons. The molecule has 0 unspecified atom stereocenters. The van der Waals surface area contributed by atoms with Crippen LogP contribution in [0.1, 0.15) is 27.2 Å². The van der Waals surface area contributed by atoms with Gasteiger partial charge in [-0.25, -0.2) is 8.42 Å². The number of alkyl halides is 3. The van der Waals surface area contributed by atoms with Gasteiger partial charge in [0.25, 0.3) is 5.56 Å². The number of aromatic nitrogens is 2. The van der Waals surface area contributed by atoms with Crippen molar-refractivity contribution in [1.82, 2.24) is 9.78 Å². The monoisotopic (exact) mass is 454 g/mol. The molecule has 0 aliphatic carbocycles. The van der Waals surface area contributed by atoms with Gasteiger partial charge in [-0.05, 0) is 30.7 Å². The quantitative estimate of drug-likeness (QED) is 0.702. The number of carbonyl (C=O) groups is 1. The van der Waals surface area contributed by atoms with Crippen molar-refractivity contribution in [3.8, 4) is 0 Å². The minimum absolute atomic E-state index is 0.115. The maximum absolute atomic E-state index is 12.7. The first kappa shape index (κ1) is 20.4. The highest BCUT2D eigenvalue weighted by Crippen LogP contribution is 2.25. The van der Waals surface area contributed by atoms with Gasteiger partial charge in [-0.15, -0.1) is 0 Å². The second-order valence-corrected chi connectivity index (χ2v) is 8.73. The molecular formula is C15H14BrF3N2O4S. The van der Waals surface area contributed by atoms with E-state index in [9.17, 15) is 31.2 Å². The van der Waals surface area contributed by atoms with Crippen LogP contribution in [0.25, 0.3) is 0 Å². The zero-order chi connectivity index (χ0) is 19.9. The van der Waals surface area contributed by atoms with Crippen molar-refractivity contribution in [1.29, 1.82) is 0 Å². The second-order valence-electron chi connectivity index (χ2n) is 5.75. The van der Waals surface area contributed by atoms with Crippen LogP contribution in [-0.4, -0.2) is 35.9 Å². The van der Waals surface area contributed by atoms with Crippen molar-refractivity contribution in [2.75, 3.05) is 5.75 Å². The number of halogens is 4. The Hall–Kier alpha value is -1.88. The summed E-state index contributed by atoms with van der Waals surface area (Å²) in [4.78, 5) is 24.8. The van der Waals surface area contributed by atoms with E-state index in [-0.39, 0.29) is 22.4 Å². The zero-order valence-electron chi connectivity index (χ0n) is 13.6. The molecule has 0 aliphatic heterocycles. The third-order valence-corrected chi connectivity index (χ3v) is 5.54. The average Bonchev–Trinajstić information content (AvgIpc) is 2.68. The van der Waals surface area contributed by atoms with Gasteiger partial charge in [-0.1, -0.05) is 15.9 Å². The predicted octanol–water partition coefficient (Wildman–Crippen LogP) is 2.49. The van der Waals surface area contributed by atoms with Gasteiger partial charge in [0.1, 0.15) is 11.3 Å². The molecule has 6 nitrogen and oxygen atoms in total. The summed E-state index contributed by atoms with van der Waals surface area (Å²) in [5, 5.41) is 2.64. The Labute approximate surface area is 155 Å². The van der Waals surface area contributed by atoms with Gasteiger partial charge in [0.15, 0.2) is 9.84 Å². The van der Waals surface area contributed by atoms with Crippen LogP contribution in [0.2, 0.25) is 0 Å². The highest BCUT2D eigenvalue weighted by Gasteiger charge is 2.35. The molecule has 1 aromatic carbocycles. The number of nitrogens with zero attached hydrogens (tertiary/aromatic N) is 1. The van der Waals surface area contributed by atoms with Crippen LogP contribution in [0, 0.1) is 6.92 Å². The average molecular weight is 455 g/mol. The number of ketones is 1. The van der Waals surface area contributed by atoms with E-state index in [1.165, 1.54) is 32.2 Å². The number of H-pyrrole nitrogens is 1. The first-order valence-electron chi connectivity index (χ1n) is 7.16. The van der Waals surface area contributed by atoms with Crippen molar-refractivity contribution in [3.63, 3.8) is 0 Å². The minimum atomic E-state index is -4.89. The Morgan fingerprint density at radius 2 is 1.92 bits per heavy atom. The lowest BCUT2D eigenvalue weighted by atomic mass is 9.99. The molecule has 2 aromatic rings. The number of hydrogen-bond donors (Lipinski definition) is 1. The molecule has 11 heteroatoms. The fraction of sp³-hybridized carbons (Fsp3) is 0.333. The van der Waals surface area contributed by atoms with Gasteiger partial charge in [0, 0.05) is 22.8 Å². The van der Waals surface area contributed by atoms with Crippen molar-refractivity contribution in [3.05, 3.63) is 55.4 Å². The maximum Gasteiger partial charge on any atom is 0.402 e. The van der Waals surface area contributed by atoms with Gasteiger partial charge < -0.3 is 0 Å². The molecule has 0 atom stereocenters. The fourth-order valence-electron chi connectivity index (χ4n) is 2.53. The summed E-state index contributed by atoms with van der Waals surface area (Å²) in [6, 6.07) is 3.98. The molecule has 1 N–H and O–H groups in total. The second kappa shape index (κ2) is 7.03. The molecule has 0 aliphatic rings.